The predicted molar refractivity (Wildman–Crippen MR) is 131 cm³/mol. The number of para-hydroxylation sites is 1. The summed E-state index contributed by atoms with van der Waals surface area (Å²) < 4.78 is 0. The summed E-state index contributed by atoms with van der Waals surface area (Å²) in [6.45, 7) is 9.44. The molecule has 2 aliphatic rings. The van der Waals surface area contributed by atoms with E-state index in [1.807, 2.05) is 0 Å². The first-order valence-corrected chi connectivity index (χ1v) is 11.1. The van der Waals surface area contributed by atoms with Gasteiger partial charge in [0.25, 0.3) is 0 Å². The van der Waals surface area contributed by atoms with E-state index < -0.39 is 0 Å². The molecule has 0 radical (unpaired) electrons. The first kappa shape index (κ1) is 18.4. The van der Waals surface area contributed by atoms with Crippen LogP contribution in [-0.2, 0) is 10.8 Å². The van der Waals surface area contributed by atoms with E-state index in [1.165, 1.54) is 55.9 Å². The lowest BCUT2D eigenvalue weighted by molar-refractivity contribution is 0.624. The molecule has 1 nitrogen and oxygen atoms in total. The minimum absolute atomic E-state index is 0.0302. The van der Waals surface area contributed by atoms with Crippen molar-refractivity contribution >= 4 is 11.4 Å². The fourth-order valence-corrected chi connectivity index (χ4v) is 5.74. The summed E-state index contributed by atoms with van der Waals surface area (Å²) in [7, 11) is 0. The number of hydrogen-bond acceptors (Lipinski definition) is 1. The summed E-state index contributed by atoms with van der Waals surface area (Å²) in [6, 6.07) is 31.2. The second-order valence-electron chi connectivity index (χ2n) is 9.96. The van der Waals surface area contributed by atoms with Crippen molar-refractivity contribution in [3.05, 3.63) is 107 Å². The Bertz CT molecular complexity index is 1340. The largest absolute Gasteiger partial charge is 0.355 e. The zero-order valence-electron chi connectivity index (χ0n) is 18.6. The molecular weight excluding hydrogens is 374 g/mol. The number of benzene rings is 4. The maximum Gasteiger partial charge on any atom is 0.0432 e. The predicted octanol–water partition coefficient (Wildman–Crippen LogP) is 8.04. The minimum atomic E-state index is -0.0423. The van der Waals surface area contributed by atoms with Crippen LogP contribution in [0.2, 0.25) is 0 Å². The van der Waals surface area contributed by atoms with E-state index in [1.54, 1.807) is 0 Å². The first-order valence-electron chi connectivity index (χ1n) is 11.1. The third-order valence-electron chi connectivity index (χ3n) is 7.47. The van der Waals surface area contributed by atoms with Crippen LogP contribution in [0.15, 0.2) is 84.9 Å². The van der Waals surface area contributed by atoms with Gasteiger partial charge in [-0.05, 0) is 56.6 Å². The summed E-state index contributed by atoms with van der Waals surface area (Å²) in [5.41, 5.74) is 13.3. The normalized spacial score (nSPS) is 16.5. The average molecular weight is 402 g/mol. The van der Waals surface area contributed by atoms with Gasteiger partial charge in [-0.15, -0.1) is 0 Å². The lowest BCUT2D eigenvalue weighted by atomic mass is 9.72. The highest BCUT2D eigenvalue weighted by Gasteiger charge is 2.40. The van der Waals surface area contributed by atoms with Crippen LogP contribution in [0.4, 0.5) is 11.4 Å². The second kappa shape index (κ2) is 6.11. The van der Waals surface area contributed by atoms with Crippen LogP contribution in [0.3, 0.4) is 0 Å². The third-order valence-corrected chi connectivity index (χ3v) is 7.47. The van der Waals surface area contributed by atoms with Gasteiger partial charge in [0, 0.05) is 22.2 Å². The van der Waals surface area contributed by atoms with Gasteiger partial charge in [-0.3, -0.25) is 0 Å². The van der Waals surface area contributed by atoms with Crippen molar-refractivity contribution < 1.29 is 0 Å². The summed E-state index contributed by atoms with van der Waals surface area (Å²) in [4.78, 5) is 0. The molecule has 0 spiro atoms. The molecule has 1 N–H and O–H groups in total. The molecule has 152 valence electrons. The number of fused-ring (bicyclic) bond motifs is 5. The summed E-state index contributed by atoms with van der Waals surface area (Å²) in [5.74, 6) is 0. The first-order chi connectivity index (χ1) is 14.9. The Morgan fingerprint density at radius 3 is 2.00 bits per heavy atom. The van der Waals surface area contributed by atoms with Crippen molar-refractivity contribution in [1.82, 2.24) is 0 Å². The van der Waals surface area contributed by atoms with Crippen LogP contribution >= 0.6 is 0 Å². The molecule has 1 heterocycles. The molecule has 1 aliphatic carbocycles. The highest BCUT2D eigenvalue weighted by atomic mass is 14.9. The molecular formula is C30H27N. The van der Waals surface area contributed by atoms with Gasteiger partial charge in [-0.25, -0.2) is 0 Å². The zero-order valence-corrected chi connectivity index (χ0v) is 18.6. The van der Waals surface area contributed by atoms with E-state index in [0.29, 0.717) is 0 Å². The summed E-state index contributed by atoms with van der Waals surface area (Å²) in [6.07, 6.45) is 0. The van der Waals surface area contributed by atoms with Gasteiger partial charge in [0.1, 0.15) is 0 Å². The molecule has 0 saturated heterocycles. The molecule has 1 aliphatic heterocycles. The van der Waals surface area contributed by atoms with Gasteiger partial charge >= 0.3 is 0 Å². The molecule has 0 bridgehead atoms. The van der Waals surface area contributed by atoms with Crippen molar-refractivity contribution in [1.29, 1.82) is 0 Å². The Balaban J connectivity index is 1.64. The smallest absolute Gasteiger partial charge is 0.0432 e. The SMILES string of the molecule is CC1(C)c2ccccc2Nc2cc3c(cc21)C(C)(C)c1cccc(-c2ccccc2)c1-3. The number of nitrogens with one attached hydrogen (secondary N) is 1. The van der Waals surface area contributed by atoms with Gasteiger partial charge in [0.05, 0.1) is 0 Å². The minimum Gasteiger partial charge on any atom is -0.355 e. The Labute approximate surface area is 184 Å². The lowest BCUT2D eigenvalue weighted by Gasteiger charge is -2.37. The van der Waals surface area contributed by atoms with Crippen molar-refractivity contribution in [2.75, 3.05) is 5.32 Å². The van der Waals surface area contributed by atoms with Crippen LogP contribution in [-0.4, -0.2) is 0 Å². The van der Waals surface area contributed by atoms with Crippen molar-refractivity contribution in [3.8, 4) is 22.3 Å². The van der Waals surface area contributed by atoms with E-state index in [9.17, 15) is 0 Å². The van der Waals surface area contributed by atoms with Gasteiger partial charge in [0.2, 0.25) is 0 Å². The van der Waals surface area contributed by atoms with Crippen LogP contribution in [0.1, 0.15) is 49.9 Å². The molecule has 4 aromatic carbocycles. The van der Waals surface area contributed by atoms with Crippen LogP contribution in [0.5, 0.6) is 0 Å². The standard InChI is InChI=1S/C30H27N/c1-29(2)22-14-8-9-16-26(22)31-27-17-21-24(18-25(27)29)30(3,4)23-15-10-13-20(28(21)23)19-11-6-5-7-12-19/h5-18,31H,1-4H3. The Hall–Kier alpha value is -3.32. The highest BCUT2D eigenvalue weighted by molar-refractivity contribution is 5.95. The van der Waals surface area contributed by atoms with E-state index in [0.717, 1.165) is 0 Å². The topological polar surface area (TPSA) is 12.0 Å². The third kappa shape index (κ3) is 2.44. The molecule has 0 atom stereocenters. The Kier molecular flexibility index (Phi) is 3.63. The highest BCUT2D eigenvalue weighted by Crippen LogP contribution is 2.56. The van der Waals surface area contributed by atoms with Crippen molar-refractivity contribution in [2.45, 2.75) is 38.5 Å². The monoisotopic (exact) mass is 401 g/mol. The maximum absolute atomic E-state index is 3.74. The van der Waals surface area contributed by atoms with E-state index in [2.05, 4.69) is 118 Å². The van der Waals surface area contributed by atoms with Crippen molar-refractivity contribution in [3.63, 3.8) is 0 Å². The fourth-order valence-electron chi connectivity index (χ4n) is 5.74. The summed E-state index contributed by atoms with van der Waals surface area (Å²) >= 11 is 0. The zero-order chi connectivity index (χ0) is 21.4. The molecule has 0 aromatic heterocycles. The van der Waals surface area contributed by atoms with E-state index in [4.69, 9.17) is 0 Å². The van der Waals surface area contributed by atoms with E-state index >= 15 is 0 Å². The van der Waals surface area contributed by atoms with Crippen LogP contribution < -0.4 is 5.32 Å². The molecule has 1 heteroatoms. The number of anilines is 2. The average Bonchev–Trinajstić information content (AvgIpc) is 3.00. The molecule has 0 fully saturated rings. The van der Waals surface area contributed by atoms with Crippen molar-refractivity contribution in [2.24, 2.45) is 0 Å². The quantitative estimate of drug-likeness (QED) is 0.340. The number of rotatable bonds is 1. The van der Waals surface area contributed by atoms with Crippen LogP contribution in [0.25, 0.3) is 22.3 Å². The molecule has 6 rings (SSSR count). The Morgan fingerprint density at radius 2 is 1.19 bits per heavy atom. The molecule has 4 aromatic rings. The van der Waals surface area contributed by atoms with Gasteiger partial charge in [-0.2, -0.15) is 0 Å². The summed E-state index contributed by atoms with van der Waals surface area (Å²) in [5, 5.41) is 3.74. The lowest BCUT2D eigenvalue weighted by Crippen LogP contribution is -2.27. The van der Waals surface area contributed by atoms with Crippen LogP contribution in [0, 0.1) is 0 Å². The second-order valence-corrected chi connectivity index (χ2v) is 9.96. The number of hydrogen-bond donors (Lipinski definition) is 1. The van der Waals surface area contributed by atoms with Gasteiger partial charge < -0.3 is 5.32 Å². The maximum atomic E-state index is 3.74. The molecule has 31 heavy (non-hydrogen) atoms. The van der Waals surface area contributed by atoms with Gasteiger partial charge in [-0.1, -0.05) is 100 Å². The Morgan fingerprint density at radius 1 is 0.516 bits per heavy atom. The van der Waals surface area contributed by atoms with E-state index in [-0.39, 0.29) is 10.8 Å². The molecule has 0 unspecified atom stereocenters. The van der Waals surface area contributed by atoms with Gasteiger partial charge in [0.15, 0.2) is 0 Å². The molecule has 0 amide bonds. The molecule has 0 saturated carbocycles. The fraction of sp³-hybridized carbons (Fsp3) is 0.200.